The highest BCUT2D eigenvalue weighted by atomic mass is 32.1. The molecule has 2 aromatic heterocycles. The van der Waals surface area contributed by atoms with Gasteiger partial charge in [0.25, 0.3) is 17.7 Å². The highest BCUT2D eigenvalue weighted by molar-refractivity contribution is 7.17. The van der Waals surface area contributed by atoms with E-state index >= 15 is 0 Å². The van der Waals surface area contributed by atoms with Gasteiger partial charge in [0.2, 0.25) is 0 Å². The number of thiophene rings is 1. The lowest BCUT2D eigenvalue weighted by Crippen LogP contribution is -2.46. The summed E-state index contributed by atoms with van der Waals surface area (Å²) in [4.78, 5) is 50.2. The van der Waals surface area contributed by atoms with Crippen molar-refractivity contribution >= 4 is 46.3 Å². The van der Waals surface area contributed by atoms with Crippen molar-refractivity contribution in [1.82, 2.24) is 10.3 Å². The number of nitrogens with one attached hydrogen (secondary N) is 2. The molecule has 0 radical (unpaired) electrons. The summed E-state index contributed by atoms with van der Waals surface area (Å²) in [5.41, 5.74) is 3.40. The van der Waals surface area contributed by atoms with Crippen molar-refractivity contribution in [1.29, 1.82) is 0 Å². The minimum atomic E-state index is -0.734. The Bertz CT molecular complexity index is 1730. The second-order valence-corrected chi connectivity index (χ2v) is 12.8. The molecule has 2 aromatic carbocycles. The number of carbonyl (C=O) groups excluding carboxylic acids is 3. The summed E-state index contributed by atoms with van der Waals surface area (Å²) in [6, 6.07) is 20.2. The molecule has 3 N–H and O–H groups in total. The van der Waals surface area contributed by atoms with Gasteiger partial charge in [0.15, 0.2) is 0 Å². The molecule has 2 aliphatic rings. The second-order valence-electron chi connectivity index (χ2n) is 11.8. The predicted octanol–water partition coefficient (Wildman–Crippen LogP) is 5.37. The van der Waals surface area contributed by atoms with Crippen molar-refractivity contribution < 1.29 is 19.5 Å². The molecular weight excluding hydrogens is 574 g/mol. The molecule has 10 heteroatoms. The minimum absolute atomic E-state index is 0.169. The third kappa shape index (κ3) is 5.95. The smallest absolute Gasteiger partial charge is 0.261 e. The quantitative estimate of drug-likeness (QED) is 0.260. The fraction of sp³-hybridized carbons (Fsp3) is 0.294. The number of rotatable bonds is 7. The van der Waals surface area contributed by atoms with Crippen molar-refractivity contribution in [3.8, 4) is 10.4 Å². The van der Waals surface area contributed by atoms with Gasteiger partial charge in [0.05, 0.1) is 28.3 Å². The van der Waals surface area contributed by atoms with Gasteiger partial charge in [-0.2, -0.15) is 0 Å². The summed E-state index contributed by atoms with van der Waals surface area (Å²) in [6.45, 7) is 5.55. The largest absolute Gasteiger partial charge is 0.394 e. The van der Waals surface area contributed by atoms with Crippen LogP contribution in [0.2, 0.25) is 0 Å². The van der Waals surface area contributed by atoms with E-state index in [2.05, 4.69) is 20.5 Å². The summed E-state index contributed by atoms with van der Waals surface area (Å²) < 4.78 is 0. The Morgan fingerprint density at radius 3 is 2.55 bits per heavy atom. The molecule has 1 fully saturated rings. The normalized spacial score (nSPS) is 14.4. The molecule has 0 bridgehead atoms. The molecule has 1 saturated heterocycles. The van der Waals surface area contributed by atoms with Crippen LogP contribution < -0.4 is 20.4 Å². The first kappa shape index (κ1) is 29.5. The summed E-state index contributed by atoms with van der Waals surface area (Å²) in [7, 11) is 0. The van der Waals surface area contributed by atoms with Gasteiger partial charge < -0.3 is 25.5 Å². The van der Waals surface area contributed by atoms with Crippen LogP contribution in [0.15, 0.2) is 72.9 Å². The maximum Gasteiger partial charge on any atom is 0.261 e. The van der Waals surface area contributed by atoms with Crippen LogP contribution in [0.25, 0.3) is 10.4 Å². The van der Waals surface area contributed by atoms with Crippen LogP contribution in [-0.2, 0) is 6.42 Å². The molecule has 2 aliphatic heterocycles. The molecule has 226 valence electrons. The summed E-state index contributed by atoms with van der Waals surface area (Å²) in [5, 5.41) is 15.4. The van der Waals surface area contributed by atoms with Gasteiger partial charge in [-0.1, -0.05) is 24.3 Å². The highest BCUT2D eigenvalue weighted by Crippen LogP contribution is 2.42. The molecule has 9 nitrogen and oxygen atoms in total. The van der Waals surface area contributed by atoms with Gasteiger partial charge in [-0.15, -0.1) is 11.3 Å². The standard InChI is InChI=1S/C34H35N5O4S/c1-34(2,21-40)37-32(42)28-20-22-14-18-39(27-13-4-3-11-25(27)29(22)44-28)33(43)23-9-7-10-24(19-23)36-31(41)26-12-8-15-35-30(26)38-16-5-6-17-38/h3-4,7-13,15,19-20,40H,5-6,14,16-18,21H2,1-2H3,(H,36,41)(H,37,42). The lowest BCUT2D eigenvalue weighted by atomic mass is 10.1. The van der Waals surface area contributed by atoms with E-state index in [1.54, 1.807) is 61.3 Å². The third-order valence-corrected chi connectivity index (χ3v) is 9.18. The lowest BCUT2D eigenvalue weighted by molar-refractivity contribution is 0.0872. The number of para-hydroxylation sites is 1. The fourth-order valence-corrected chi connectivity index (χ4v) is 6.81. The molecule has 3 amide bonds. The van der Waals surface area contributed by atoms with Crippen molar-refractivity contribution in [2.45, 2.75) is 38.6 Å². The van der Waals surface area contributed by atoms with Crippen molar-refractivity contribution in [2.75, 3.05) is 41.4 Å². The number of aromatic nitrogens is 1. The van der Waals surface area contributed by atoms with E-state index in [-0.39, 0.29) is 24.3 Å². The Labute approximate surface area is 260 Å². The van der Waals surface area contributed by atoms with E-state index < -0.39 is 5.54 Å². The second kappa shape index (κ2) is 12.2. The van der Waals surface area contributed by atoms with E-state index in [1.165, 1.54) is 11.3 Å². The SMILES string of the molecule is CC(C)(CO)NC(=O)c1cc2c(s1)-c1ccccc1N(C(=O)c1cccc(NC(=O)c3cccnc3N3CCCC3)c1)CC2. The maximum atomic E-state index is 14.0. The number of aliphatic hydroxyl groups is 1. The molecular formula is C34H35N5O4S. The monoisotopic (exact) mass is 609 g/mol. The van der Waals surface area contributed by atoms with Gasteiger partial charge in [0, 0.05) is 47.5 Å². The van der Waals surface area contributed by atoms with E-state index in [1.807, 2.05) is 30.3 Å². The van der Waals surface area contributed by atoms with Crippen molar-refractivity contribution in [3.05, 3.63) is 94.5 Å². The number of anilines is 3. The third-order valence-electron chi connectivity index (χ3n) is 7.97. The molecule has 4 heterocycles. The zero-order valence-corrected chi connectivity index (χ0v) is 25.6. The van der Waals surface area contributed by atoms with Crippen LogP contribution in [0, 0.1) is 0 Å². The Balaban J connectivity index is 1.24. The molecule has 0 spiro atoms. The van der Waals surface area contributed by atoms with Gasteiger partial charge in [-0.05, 0) is 81.1 Å². The number of fused-ring (bicyclic) bond motifs is 3. The Morgan fingerprint density at radius 1 is 0.955 bits per heavy atom. The molecule has 6 rings (SSSR count). The van der Waals surface area contributed by atoms with Crippen molar-refractivity contribution in [2.24, 2.45) is 0 Å². The van der Waals surface area contributed by atoms with Crippen LogP contribution in [0.4, 0.5) is 17.2 Å². The van der Waals surface area contributed by atoms with E-state index in [4.69, 9.17) is 0 Å². The topological polar surface area (TPSA) is 115 Å². The number of amides is 3. The first-order valence-corrected chi connectivity index (χ1v) is 15.6. The Kier molecular flexibility index (Phi) is 8.20. The molecule has 0 atom stereocenters. The zero-order chi connectivity index (χ0) is 30.8. The van der Waals surface area contributed by atoms with Crippen LogP contribution in [0.3, 0.4) is 0 Å². The van der Waals surface area contributed by atoms with E-state index in [0.717, 1.165) is 47.6 Å². The number of hydrogen-bond acceptors (Lipinski definition) is 7. The van der Waals surface area contributed by atoms with Crippen LogP contribution in [0.1, 0.15) is 62.6 Å². The maximum absolute atomic E-state index is 14.0. The summed E-state index contributed by atoms with van der Waals surface area (Å²) in [6.07, 6.45) is 4.43. The van der Waals surface area contributed by atoms with Crippen molar-refractivity contribution in [3.63, 3.8) is 0 Å². The first-order chi connectivity index (χ1) is 21.2. The lowest BCUT2D eigenvalue weighted by Gasteiger charge is -2.24. The number of pyridine rings is 1. The number of nitrogens with zero attached hydrogens (tertiary/aromatic N) is 3. The summed E-state index contributed by atoms with van der Waals surface area (Å²) >= 11 is 1.39. The van der Waals surface area contributed by atoms with Crippen LogP contribution in [-0.4, -0.2) is 59.6 Å². The Hall–Kier alpha value is -4.54. The molecule has 44 heavy (non-hydrogen) atoms. The van der Waals surface area contributed by atoms with Gasteiger partial charge in [-0.25, -0.2) is 4.98 Å². The van der Waals surface area contributed by atoms with Gasteiger partial charge in [0.1, 0.15) is 5.82 Å². The number of benzene rings is 2. The van der Waals surface area contributed by atoms with Crippen LogP contribution >= 0.6 is 11.3 Å². The number of hydrogen-bond donors (Lipinski definition) is 3. The number of carbonyl (C=O) groups is 3. The highest BCUT2D eigenvalue weighted by Gasteiger charge is 2.29. The van der Waals surface area contributed by atoms with Crippen LogP contribution in [0.5, 0.6) is 0 Å². The molecule has 0 aliphatic carbocycles. The van der Waals surface area contributed by atoms with Gasteiger partial charge >= 0.3 is 0 Å². The Morgan fingerprint density at radius 2 is 1.75 bits per heavy atom. The molecule has 4 aromatic rings. The zero-order valence-electron chi connectivity index (χ0n) is 24.8. The fourth-order valence-electron chi connectivity index (χ4n) is 5.67. The van der Waals surface area contributed by atoms with E-state index in [0.29, 0.717) is 40.5 Å². The average Bonchev–Trinajstić information content (AvgIpc) is 3.70. The van der Waals surface area contributed by atoms with E-state index in [9.17, 15) is 19.5 Å². The van der Waals surface area contributed by atoms with Gasteiger partial charge in [-0.3, -0.25) is 14.4 Å². The summed E-state index contributed by atoms with van der Waals surface area (Å²) in [5.74, 6) is 0.00761. The first-order valence-electron chi connectivity index (χ1n) is 14.8. The molecule has 0 unspecified atom stereocenters. The number of aliphatic hydroxyl groups excluding tert-OH is 1. The predicted molar refractivity (Wildman–Crippen MR) is 174 cm³/mol. The average molecular weight is 610 g/mol. The minimum Gasteiger partial charge on any atom is -0.394 e. The molecule has 0 saturated carbocycles.